The number of Topliss-reactive ketones (excluding diaryl/α,β-unsaturated/α-hetero) is 1. The minimum absolute atomic E-state index is 0.0337. The number of rotatable bonds is 6. The zero-order chi connectivity index (χ0) is 24.4. The number of amides is 1. The lowest BCUT2D eigenvalue weighted by atomic mass is 9.94. The highest BCUT2D eigenvalue weighted by Gasteiger charge is 2.47. The number of aliphatic hydroxyl groups is 1. The molecule has 0 aliphatic carbocycles. The van der Waals surface area contributed by atoms with Crippen LogP contribution in [0.2, 0.25) is 0 Å². The van der Waals surface area contributed by atoms with Crippen molar-refractivity contribution in [2.24, 2.45) is 0 Å². The Morgan fingerprint density at radius 3 is 2.24 bits per heavy atom. The van der Waals surface area contributed by atoms with Gasteiger partial charge in [0.15, 0.2) is 0 Å². The number of ether oxygens (including phenoxy) is 2. The average Bonchev–Trinajstić information content (AvgIpc) is 3.09. The third kappa shape index (κ3) is 4.39. The number of anilines is 1. The minimum atomic E-state index is -0.828. The molecule has 3 aromatic carbocycles. The zero-order valence-corrected chi connectivity index (χ0v) is 19.6. The number of hydrogen-bond donors (Lipinski definition) is 1. The monoisotopic (exact) mass is 457 g/mol. The van der Waals surface area contributed by atoms with Crippen LogP contribution in [0.3, 0.4) is 0 Å². The molecule has 0 saturated carbocycles. The first-order valence-electron chi connectivity index (χ1n) is 11.1. The van der Waals surface area contributed by atoms with Crippen LogP contribution < -0.4 is 14.4 Å². The molecule has 6 nitrogen and oxygen atoms in total. The summed E-state index contributed by atoms with van der Waals surface area (Å²) in [5.41, 5.74) is 2.70. The highest BCUT2D eigenvalue weighted by Crippen LogP contribution is 2.43. The summed E-state index contributed by atoms with van der Waals surface area (Å²) in [6.45, 7) is 5.79. The van der Waals surface area contributed by atoms with Crippen molar-refractivity contribution in [3.05, 3.63) is 95.1 Å². The Hall–Kier alpha value is -4.06. The molecule has 0 radical (unpaired) electrons. The van der Waals surface area contributed by atoms with Gasteiger partial charge >= 0.3 is 0 Å². The predicted octanol–water partition coefficient (Wildman–Crippen LogP) is 5.42. The molecule has 174 valence electrons. The minimum Gasteiger partial charge on any atom is -0.507 e. The molecule has 3 aromatic rings. The molecular weight excluding hydrogens is 430 g/mol. The smallest absolute Gasteiger partial charge is 0.300 e. The van der Waals surface area contributed by atoms with Crippen LogP contribution in [0.4, 0.5) is 5.69 Å². The number of ketones is 1. The van der Waals surface area contributed by atoms with Crippen LogP contribution in [0.25, 0.3) is 5.76 Å². The van der Waals surface area contributed by atoms with E-state index in [-0.39, 0.29) is 17.4 Å². The van der Waals surface area contributed by atoms with Gasteiger partial charge in [-0.25, -0.2) is 0 Å². The molecule has 0 spiro atoms. The lowest BCUT2D eigenvalue weighted by molar-refractivity contribution is -0.132. The predicted molar refractivity (Wildman–Crippen MR) is 131 cm³/mol. The molecule has 4 rings (SSSR count). The Labute approximate surface area is 199 Å². The highest BCUT2D eigenvalue weighted by atomic mass is 16.5. The average molecular weight is 458 g/mol. The third-order valence-electron chi connectivity index (χ3n) is 5.67. The fraction of sp³-hybridized carbons (Fsp3) is 0.214. The summed E-state index contributed by atoms with van der Waals surface area (Å²) in [5, 5.41) is 11.2. The number of carbonyl (C=O) groups is 2. The second-order valence-corrected chi connectivity index (χ2v) is 8.47. The number of aryl methyl sites for hydroxylation is 1. The van der Waals surface area contributed by atoms with Crippen LogP contribution in [0, 0.1) is 6.92 Å². The number of methoxy groups -OCH3 is 1. The summed E-state index contributed by atoms with van der Waals surface area (Å²) in [6.07, 6.45) is -0.0456. The maximum Gasteiger partial charge on any atom is 0.300 e. The summed E-state index contributed by atoms with van der Waals surface area (Å²) < 4.78 is 11.1. The Kier molecular flexibility index (Phi) is 6.41. The van der Waals surface area contributed by atoms with Crippen molar-refractivity contribution in [3.8, 4) is 11.5 Å². The van der Waals surface area contributed by atoms with Gasteiger partial charge in [0.2, 0.25) is 0 Å². The molecule has 1 atom stereocenters. The van der Waals surface area contributed by atoms with Gasteiger partial charge in [0.05, 0.1) is 24.8 Å². The van der Waals surface area contributed by atoms with Crippen molar-refractivity contribution in [2.75, 3.05) is 12.0 Å². The summed E-state index contributed by atoms with van der Waals surface area (Å²) >= 11 is 0. The van der Waals surface area contributed by atoms with E-state index in [0.29, 0.717) is 28.3 Å². The molecule has 1 saturated heterocycles. The van der Waals surface area contributed by atoms with E-state index in [2.05, 4.69) is 0 Å². The van der Waals surface area contributed by atoms with Crippen LogP contribution in [0.1, 0.15) is 36.6 Å². The van der Waals surface area contributed by atoms with Crippen LogP contribution in [-0.4, -0.2) is 30.0 Å². The SMILES string of the molecule is COc1ccc(N2C(=O)C(=O)/C(=C(\O)c3ccc(C)cc3)C2c2cccc(OC(C)C)c2)cc1. The Morgan fingerprint density at radius 1 is 0.941 bits per heavy atom. The molecule has 0 aromatic heterocycles. The Morgan fingerprint density at radius 2 is 1.62 bits per heavy atom. The van der Waals surface area contributed by atoms with E-state index in [1.807, 2.05) is 51.1 Å². The van der Waals surface area contributed by atoms with Gasteiger partial charge in [-0.3, -0.25) is 14.5 Å². The molecule has 1 unspecified atom stereocenters. The van der Waals surface area contributed by atoms with E-state index >= 15 is 0 Å². The molecule has 1 N–H and O–H groups in total. The van der Waals surface area contributed by atoms with E-state index in [1.54, 1.807) is 49.6 Å². The lowest BCUT2D eigenvalue weighted by Gasteiger charge is -2.26. The zero-order valence-electron chi connectivity index (χ0n) is 19.6. The van der Waals surface area contributed by atoms with E-state index in [1.165, 1.54) is 4.90 Å². The number of nitrogens with zero attached hydrogens (tertiary/aromatic N) is 1. The summed E-state index contributed by atoms with van der Waals surface area (Å²) in [5.74, 6) is -0.422. The fourth-order valence-electron chi connectivity index (χ4n) is 4.05. The second-order valence-electron chi connectivity index (χ2n) is 8.47. The topological polar surface area (TPSA) is 76.1 Å². The molecule has 6 heteroatoms. The van der Waals surface area contributed by atoms with Gasteiger partial charge in [-0.05, 0) is 62.7 Å². The van der Waals surface area contributed by atoms with Gasteiger partial charge < -0.3 is 14.6 Å². The second kappa shape index (κ2) is 9.43. The molecule has 1 aliphatic heterocycles. The number of carbonyl (C=O) groups excluding carboxylic acids is 2. The van der Waals surface area contributed by atoms with Crippen molar-refractivity contribution >= 4 is 23.1 Å². The quantitative estimate of drug-likeness (QED) is 0.304. The Bertz CT molecular complexity index is 1240. The van der Waals surface area contributed by atoms with Crippen molar-refractivity contribution in [2.45, 2.75) is 32.9 Å². The molecule has 1 heterocycles. The summed E-state index contributed by atoms with van der Waals surface area (Å²) in [4.78, 5) is 28.0. The first-order valence-corrected chi connectivity index (χ1v) is 11.1. The van der Waals surface area contributed by atoms with Gasteiger partial charge in [-0.2, -0.15) is 0 Å². The van der Waals surface area contributed by atoms with E-state index in [4.69, 9.17) is 9.47 Å². The summed E-state index contributed by atoms with van der Waals surface area (Å²) in [6, 6.07) is 20.5. The van der Waals surface area contributed by atoms with E-state index < -0.39 is 17.7 Å². The highest BCUT2D eigenvalue weighted by molar-refractivity contribution is 6.51. The molecule has 1 fully saturated rings. The molecule has 34 heavy (non-hydrogen) atoms. The van der Waals surface area contributed by atoms with E-state index in [0.717, 1.165) is 5.56 Å². The van der Waals surface area contributed by atoms with Crippen molar-refractivity contribution < 1.29 is 24.2 Å². The van der Waals surface area contributed by atoms with Crippen LogP contribution >= 0.6 is 0 Å². The third-order valence-corrected chi connectivity index (χ3v) is 5.67. The largest absolute Gasteiger partial charge is 0.507 e. The normalized spacial score (nSPS) is 17.3. The maximum absolute atomic E-state index is 13.3. The Balaban J connectivity index is 1.91. The molecule has 1 amide bonds. The summed E-state index contributed by atoms with van der Waals surface area (Å²) in [7, 11) is 1.56. The molecular formula is C28H27NO5. The van der Waals surface area contributed by atoms with Crippen LogP contribution in [-0.2, 0) is 9.59 Å². The van der Waals surface area contributed by atoms with Gasteiger partial charge in [-0.15, -0.1) is 0 Å². The van der Waals surface area contributed by atoms with Gasteiger partial charge in [-0.1, -0.05) is 42.0 Å². The lowest BCUT2D eigenvalue weighted by Crippen LogP contribution is -2.29. The maximum atomic E-state index is 13.3. The first kappa shape index (κ1) is 23.1. The van der Waals surface area contributed by atoms with Crippen LogP contribution in [0.5, 0.6) is 11.5 Å². The number of aliphatic hydroxyl groups excluding tert-OH is 1. The van der Waals surface area contributed by atoms with E-state index in [9.17, 15) is 14.7 Å². The van der Waals surface area contributed by atoms with Crippen LogP contribution in [0.15, 0.2) is 78.4 Å². The van der Waals surface area contributed by atoms with Gasteiger partial charge in [0.25, 0.3) is 11.7 Å². The molecule has 1 aliphatic rings. The standard InChI is InChI=1S/C28H27NO5/c1-17(2)34-23-7-5-6-20(16-23)25-24(26(30)19-10-8-18(3)9-11-19)27(31)28(32)29(25)21-12-14-22(33-4)15-13-21/h5-17,25,30H,1-4H3/b26-24-. The van der Waals surface area contributed by atoms with Gasteiger partial charge in [0.1, 0.15) is 17.3 Å². The number of hydrogen-bond acceptors (Lipinski definition) is 5. The van der Waals surface area contributed by atoms with Crippen molar-refractivity contribution in [1.29, 1.82) is 0 Å². The molecule has 0 bridgehead atoms. The van der Waals surface area contributed by atoms with Crippen molar-refractivity contribution in [1.82, 2.24) is 0 Å². The first-order chi connectivity index (χ1) is 16.3. The fourth-order valence-corrected chi connectivity index (χ4v) is 4.05. The van der Waals surface area contributed by atoms with Gasteiger partial charge in [0, 0.05) is 11.3 Å². The van der Waals surface area contributed by atoms with Crippen molar-refractivity contribution in [3.63, 3.8) is 0 Å². The number of benzene rings is 3.